The summed E-state index contributed by atoms with van der Waals surface area (Å²) >= 11 is 0. The van der Waals surface area contributed by atoms with Gasteiger partial charge in [-0.1, -0.05) is 6.07 Å². The molecular weight excluding hydrogens is 242 g/mol. The molecule has 6 nitrogen and oxygen atoms in total. The molecule has 2 heterocycles. The van der Waals surface area contributed by atoms with E-state index in [4.69, 9.17) is 5.73 Å². The van der Waals surface area contributed by atoms with Gasteiger partial charge in [0.25, 0.3) is 0 Å². The van der Waals surface area contributed by atoms with E-state index in [1.165, 1.54) is 6.33 Å². The quantitative estimate of drug-likeness (QED) is 0.695. The summed E-state index contributed by atoms with van der Waals surface area (Å²) in [5.74, 6) is 0.527. The highest BCUT2D eigenvalue weighted by atomic mass is 16.2. The summed E-state index contributed by atoms with van der Waals surface area (Å²) in [5, 5.41) is 6.90. The lowest BCUT2D eigenvalue weighted by molar-refractivity contribution is -0.124. The first-order valence-electron chi connectivity index (χ1n) is 6.24. The highest BCUT2D eigenvalue weighted by Crippen LogP contribution is 2.18. The van der Waals surface area contributed by atoms with E-state index < -0.39 is 0 Å². The number of carbonyl (C=O) groups excluding carboxylic acids is 1. The van der Waals surface area contributed by atoms with Crippen molar-refractivity contribution < 1.29 is 4.79 Å². The first kappa shape index (κ1) is 11.9. The van der Waals surface area contributed by atoms with Gasteiger partial charge in [-0.05, 0) is 24.1 Å². The van der Waals surface area contributed by atoms with E-state index in [1.807, 2.05) is 18.2 Å². The molecule has 0 spiro atoms. The van der Waals surface area contributed by atoms with Crippen molar-refractivity contribution in [2.24, 2.45) is 0 Å². The number of amides is 1. The Hall–Kier alpha value is -2.21. The van der Waals surface area contributed by atoms with Crippen molar-refractivity contribution in [1.29, 1.82) is 0 Å². The zero-order chi connectivity index (χ0) is 13.2. The summed E-state index contributed by atoms with van der Waals surface area (Å²) in [6.45, 7) is 1.50. The average molecular weight is 257 g/mol. The number of carbonyl (C=O) groups is 1. The Balaban J connectivity index is 1.87. The van der Waals surface area contributed by atoms with Crippen LogP contribution in [0, 0.1) is 0 Å². The van der Waals surface area contributed by atoms with Crippen molar-refractivity contribution in [3.8, 4) is 0 Å². The van der Waals surface area contributed by atoms with E-state index >= 15 is 0 Å². The van der Waals surface area contributed by atoms with Gasteiger partial charge in [0.05, 0.1) is 11.6 Å². The fourth-order valence-corrected chi connectivity index (χ4v) is 2.30. The second-order valence-corrected chi connectivity index (χ2v) is 4.61. The molecule has 1 aromatic carbocycles. The Morgan fingerprint density at radius 3 is 3.05 bits per heavy atom. The van der Waals surface area contributed by atoms with Crippen LogP contribution in [0.5, 0.6) is 0 Å². The standard InChI is InChI=1S/C13H15N5O/c14-12-9-2-1-8(5-10(9)17-7-18-12)6-11-13(19)16-4-3-15-11/h1-2,5,7,11,15H,3-4,6H2,(H,16,19)(H2,14,17,18). The molecule has 1 fully saturated rings. The van der Waals surface area contributed by atoms with Crippen LogP contribution in [0.15, 0.2) is 24.5 Å². The predicted octanol–water partition coefficient (Wildman–Crippen LogP) is -0.157. The summed E-state index contributed by atoms with van der Waals surface area (Å²) in [5.41, 5.74) is 7.65. The van der Waals surface area contributed by atoms with E-state index in [2.05, 4.69) is 20.6 Å². The number of fused-ring (bicyclic) bond motifs is 1. The first-order valence-corrected chi connectivity index (χ1v) is 6.24. The molecule has 0 radical (unpaired) electrons. The normalized spacial score (nSPS) is 19.4. The second-order valence-electron chi connectivity index (χ2n) is 4.61. The number of rotatable bonds is 2. The molecule has 1 amide bonds. The average Bonchev–Trinajstić information content (AvgIpc) is 2.42. The minimum absolute atomic E-state index is 0.0496. The number of hydrogen-bond acceptors (Lipinski definition) is 5. The van der Waals surface area contributed by atoms with Gasteiger partial charge in [0.2, 0.25) is 5.91 Å². The van der Waals surface area contributed by atoms with Gasteiger partial charge in [-0.15, -0.1) is 0 Å². The van der Waals surface area contributed by atoms with Crippen molar-refractivity contribution in [2.75, 3.05) is 18.8 Å². The summed E-state index contributed by atoms with van der Waals surface area (Å²) in [7, 11) is 0. The molecule has 6 heteroatoms. The Morgan fingerprint density at radius 1 is 1.32 bits per heavy atom. The fraction of sp³-hybridized carbons (Fsp3) is 0.308. The molecule has 4 N–H and O–H groups in total. The molecule has 2 aromatic rings. The minimum atomic E-state index is -0.176. The van der Waals surface area contributed by atoms with Crippen LogP contribution < -0.4 is 16.4 Å². The number of aromatic nitrogens is 2. The molecule has 98 valence electrons. The predicted molar refractivity (Wildman–Crippen MR) is 72.5 cm³/mol. The van der Waals surface area contributed by atoms with Crippen molar-refractivity contribution in [3.63, 3.8) is 0 Å². The Bertz CT molecular complexity index is 627. The smallest absolute Gasteiger partial charge is 0.237 e. The molecule has 1 aliphatic heterocycles. The van der Waals surface area contributed by atoms with Crippen molar-refractivity contribution in [2.45, 2.75) is 12.5 Å². The van der Waals surface area contributed by atoms with Crippen LogP contribution in [0.4, 0.5) is 5.82 Å². The van der Waals surface area contributed by atoms with Crippen LogP contribution in [0.2, 0.25) is 0 Å². The Kier molecular flexibility index (Phi) is 3.00. The lowest BCUT2D eigenvalue weighted by Gasteiger charge is -2.23. The second kappa shape index (κ2) is 4.81. The van der Waals surface area contributed by atoms with Gasteiger partial charge >= 0.3 is 0 Å². The van der Waals surface area contributed by atoms with Crippen LogP contribution in [0.25, 0.3) is 10.9 Å². The molecule has 3 rings (SSSR count). The third-order valence-electron chi connectivity index (χ3n) is 3.30. The monoisotopic (exact) mass is 257 g/mol. The summed E-state index contributed by atoms with van der Waals surface area (Å²) in [6.07, 6.45) is 2.10. The van der Waals surface area contributed by atoms with Crippen LogP contribution in [-0.2, 0) is 11.2 Å². The van der Waals surface area contributed by atoms with E-state index in [0.717, 1.165) is 23.0 Å². The minimum Gasteiger partial charge on any atom is -0.383 e. The van der Waals surface area contributed by atoms with Gasteiger partial charge < -0.3 is 16.4 Å². The zero-order valence-electron chi connectivity index (χ0n) is 10.4. The number of hydrogen-bond donors (Lipinski definition) is 3. The number of anilines is 1. The third kappa shape index (κ3) is 2.34. The van der Waals surface area contributed by atoms with Crippen molar-refractivity contribution >= 4 is 22.6 Å². The number of nitrogen functional groups attached to an aromatic ring is 1. The van der Waals surface area contributed by atoms with Gasteiger partial charge in [-0.2, -0.15) is 0 Å². The molecule has 1 aliphatic rings. The maximum absolute atomic E-state index is 11.7. The van der Waals surface area contributed by atoms with Crippen LogP contribution in [0.3, 0.4) is 0 Å². The van der Waals surface area contributed by atoms with E-state index in [-0.39, 0.29) is 11.9 Å². The number of benzene rings is 1. The van der Waals surface area contributed by atoms with Gasteiger partial charge in [-0.25, -0.2) is 9.97 Å². The van der Waals surface area contributed by atoms with Crippen LogP contribution >= 0.6 is 0 Å². The number of nitrogens with one attached hydrogen (secondary N) is 2. The topological polar surface area (TPSA) is 92.9 Å². The molecule has 1 saturated heterocycles. The largest absolute Gasteiger partial charge is 0.383 e. The van der Waals surface area contributed by atoms with Crippen molar-refractivity contribution in [1.82, 2.24) is 20.6 Å². The van der Waals surface area contributed by atoms with Gasteiger partial charge in [0, 0.05) is 18.5 Å². The van der Waals surface area contributed by atoms with E-state index in [9.17, 15) is 4.79 Å². The summed E-state index contributed by atoms with van der Waals surface area (Å²) in [6, 6.07) is 5.65. The van der Waals surface area contributed by atoms with E-state index in [1.54, 1.807) is 0 Å². The van der Waals surface area contributed by atoms with Gasteiger partial charge in [0.1, 0.15) is 12.1 Å². The number of nitrogens with zero attached hydrogens (tertiary/aromatic N) is 2. The molecule has 19 heavy (non-hydrogen) atoms. The zero-order valence-corrected chi connectivity index (χ0v) is 10.4. The van der Waals surface area contributed by atoms with Crippen LogP contribution in [-0.4, -0.2) is 35.0 Å². The first-order chi connectivity index (χ1) is 9.24. The highest BCUT2D eigenvalue weighted by Gasteiger charge is 2.21. The lowest BCUT2D eigenvalue weighted by Crippen LogP contribution is -2.53. The molecule has 0 bridgehead atoms. The van der Waals surface area contributed by atoms with Gasteiger partial charge in [-0.3, -0.25) is 4.79 Å². The summed E-state index contributed by atoms with van der Waals surface area (Å²) < 4.78 is 0. The summed E-state index contributed by atoms with van der Waals surface area (Å²) in [4.78, 5) is 19.9. The van der Waals surface area contributed by atoms with Crippen LogP contribution in [0.1, 0.15) is 5.56 Å². The lowest BCUT2D eigenvalue weighted by atomic mass is 10.0. The molecule has 1 aromatic heterocycles. The fourth-order valence-electron chi connectivity index (χ4n) is 2.30. The van der Waals surface area contributed by atoms with E-state index in [0.29, 0.717) is 18.8 Å². The maximum atomic E-state index is 11.7. The molecule has 1 unspecified atom stereocenters. The molecule has 0 aliphatic carbocycles. The molecule has 0 saturated carbocycles. The molecular formula is C13H15N5O. The highest BCUT2D eigenvalue weighted by molar-refractivity contribution is 5.88. The van der Waals surface area contributed by atoms with Gasteiger partial charge in [0.15, 0.2) is 0 Å². The third-order valence-corrected chi connectivity index (χ3v) is 3.30. The van der Waals surface area contributed by atoms with Crippen molar-refractivity contribution in [3.05, 3.63) is 30.1 Å². The Labute approximate surface area is 110 Å². The molecule has 1 atom stereocenters. The Morgan fingerprint density at radius 2 is 2.21 bits per heavy atom. The maximum Gasteiger partial charge on any atom is 0.237 e. The number of nitrogens with two attached hydrogens (primary N) is 1. The number of piperazine rings is 1. The SMILES string of the molecule is Nc1ncnc2cc(CC3NCCNC3=O)ccc12.